The minimum absolute atomic E-state index is 0.0367. The van der Waals surface area contributed by atoms with Gasteiger partial charge >= 0.3 is 0 Å². The minimum atomic E-state index is -0.617. The van der Waals surface area contributed by atoms with E-state index in [-0.39, 0.29) is 17.7 Å². The van der Waals surface area contributed by atoms with E-state index in [1.165, 1.54) is 12.8 Å². The van der Waals surface area contributed by atoms with Gasteiger partial charge in [0, 0.05) is 37.5 Å². The van der Waals surface area contributed by atoms with Gasteiger partial charge in [0.2, 0.25) is 5.91 Å². The summed E-state index contributed by atoms with van der Waals surface area (Å²) in [4.78, 5) is 27.9. The number of carbonyl (C=O) groups is 2. The molecule has 5 nitrogen and oxygen atoms in total. The van der Waals surface area contributed by atoms with E-state index in [0.717, 1.165) is 36.2 Å². The Morgan fingerprint density at radius 2 is 1.70 bits per heavy atom. The fourth-order valence-electron chi connectivity index (χ4n) is 3.93. The molecule has 0 aliphatic carbocycles. The SMILES string of the molecule is CCCCCCCC(=O)N[C@H]1C(=O)c2ccccc2N[C@@H]1c1ccc(N(C)C)cc1. The molecule has 1 amide bonds. The molecule has 160 valence electrons. The van der Waals surface area contributed by atoms with Crippen molar-refractivity contribution in [3.05, 3.63) is 59.7 Å². The highest BCUT2D eigenvalue weighted by molar-refractivity contribution is 6.08. The first kappa shape index (κ1) is 21.9. The van der Waals surface area contributed by atoms with E-state index < -0.39 is 6.04 Å². The molecule has 2 atom stereocenters. The Morgan fingerprint density at radius 1 is 1.00 bits per heavy atom. The van der Waals surface area contributed by atoms with E-state index in [4.69, 9.17) is 0 Å². The first-order chi connectivity index (χ1) is 14.5. The number of unbranched alkanes of at least 4 members (excludes halogenated alkanes) is 4. The van der Waals surface area contributed by atoms with Crippen molar-refractivity contribution >= 4 is 23.1 Å². The zero-order valence-corrected chi connectivity index (χ0v) is 18.3. The van der Waals surface area contributed by atoms with Crippen molar-refractivity contribution < 1.29 is 9.59 Å². The zero-order valence-electron chi connectivity index (χ0n) is 18.3. The number of benzene rings is 2. The summed E-state index contributed by atoms with van der Waals surface area (Å²) in [5, 5.41) is 6.51. The van der Waals surface area contributed by atoms with Crippen molar-refractivity contribution in [2.45, 2.75) is 57.5 Å². The number of anilines is 2. The van der Waals surface area contributed by atoms with Gasteiger partial charge in [0.15, 0.2) is 5.78 Å². The van der Waals surface area contributed by atoms with Gasteiger partial charge in [0.1, 0.15) is 6.04 Å². The van der Waals surface area contributed by atoms with Crippen LogP contribution in [0.5, 0.6) is 0 Å². The normalized spacial score (nSPS) is 17.8. The third kappa shape index (κ3) is 5.21. The molecular weight excluding hydrogens is 374 g/mol. The molecule has 5 heteroatoms. The molecule has 0 aromatic heterocycles. The Morgan fingerprint density at radius 3 is 2.40 bits per heavy atom. The summed E-state index contributed by atoms with van der Waals surface area (Å²) in [7, 11) is 3.99. The summed E-state index contributed by atoms with van der Waals surface area (Å²) in [5.41, 5.74) is 3.52. The lowest BCUT2D eigenvalue weighted by Gasteiger charge is -2.34. The van der Waals surface area contributed by atoms with Crippen LogP contribution < -0.4 is 15.5 Å². The quantitative estimate of drug-likeness (QED) is 0.578. The van der Waals surface area contributed by atoms with E-state index in [1.54, 1.807) is 0 Å². The molecule has 2 aromatic rings. The predicted molar refractivity (Wildman–Crippen MR) is 123 cm³/mol. The van der Waals surface area contributed by atoms with Gasteiger partial charge in [-0.1, -0.05) is 56.9 Å². The smallest absolute Gasteiger partial charge is 0.220 e. The van der Waals surface area contributed by atoms with Crippen molar-refractivity contribution in [2.24, 2.45) is 0 Å². The molecule has 1 aliphatic rings. The van der Waals surface area contributed by atoms with Crippen LogP contribution in [0.4, 0.5) is 11.4 Å². The second kappa shape index (κ2) is 10.3. The van der Waals surface area contributed by atoms with Crippen LogP contribution >= 0.6 is 0 Å². The van der Waals surface area contributed by atoms with Crippen molar-refractivity contribution in [1.82, 2.24) is 5.32 Å². The Labute approximate surface area is 179 Å². The van der Waals surface area contributed by atoms with Gasteiger partial charge in [-0.3, -0.25) is 9.59 Å². The van der Waals surface area contributed by atoms with Crippen LogP contribution in [0.25, 0.3) is 0 Å². The topological polar surface area (TPSA) is 61.4 Å². The van der Waals surface area contributed by atoms with E-state index in [0.29, 0.717) is 12.0 Å². The van der Waals surface area contributed by atoms with Crippen LogP contribution in [-0.2, 0) is 4.79 Å². The summed E-state index contributed by atoms with van der Waals surface area (Å²) < 4.78 is 0. The lowest BCUT2D eigenvalue weighted by molar-refractivity contribution is -0.121. The van der Waals surface area contributed by atoms with Crippen molar-refractivity contribution in [3.63, 3.8) is 0 Å². The van der Waals surface area contributed by atoms with E-state index in [1.807, 2.05) is 67.5 Å². The summed E-state index contributed by atoms with van der Waals surface area (Å²) in [6.07, 6.45) is 5.91. The standard InChI is InChI=1S/C25H33N3O2/c1-4-5-6-7-8-13-22(29)27-24-23(18-14-16-19(17-15-18)28(2)3)26-21-12-10-9-11-20(21)25(24)30/h9-12,14-17,23-24,26H,4-8,13H2,1-3H3,(H,27,29)/t23-,24-/m1/s1. The third-order valence-electron chi connectivity index (χ3n) is 5.71. The highest BCUT2D eigenvalue weighted by Crippen LogP contribution is 2.33. The zero-order chi connectivity index (χ0) is 21.5. The molecule has 2 aromatic carbocycles. The molecule has 1 aliphatic heterocycles. The average Bonchev–Trinajstić information content (AvgIpc) is 2.75. The molecule has 0 bridgehead atoms. The first-order valence-corrected chi connectivity index (χ1v) is 11.0. The molecule has 0 fully saturated rings. The number of hydrogen-bond acceptors (Lipinski definition) is 4. The van der Waals surface area contributed by atoms with Crippen molar-refractivity contribution in [1.29, 1.82) is 0 Å². The van der Waals surface area contributed by atoms with Gasteiger partial charge in [-0.15, -0.1) is 0 Å². The molecule has 1 heterocycles. The molecule has 0 saturated carbocycles. The Balaban J connectivity index is 1.78. The number of rotatable bonds is 9. The number of nitrogens with zero attached hydrogens (tertiary/aromatic N) is 1. The van der Waals surface area contributed by atoms with Crippen LogP contribution in [-0.4, -0.2) is 31.8 Å². The van der Waals surface area contributed by atoms with Gasteiger partial charge in [-0.05, 0) is 36.2 Å². The molecule has 0 spiro atoms. The van der Waals surface area contributed by atoms with Crippen molar-refractivity contribution in [3.8, 4) is 0 Å². The van der Waals surface area contributed by atoms with E-state index in [2.05, 4.69) is 17.6 Å². The van der Waals surface area contributed by atoms with E-state index >= 15 is 0 Å². The number of para-hydroxylation sites is 1. The van der Waals surface area contributed by atoms with Gasteiger partial charge in [-0.2, -0.15) is 0 Å². The molecule has 30 heavy (non-hydrogen) atoms. The predicted octanol–water partition coefficient (Wildman–Crippen LogP) is 4.95. The van der Waals surface area contributed by atoms with Gasteiger partial charge in [0.25, 0.3) is 0 Å². The van der Waals surface area contributed by atoms with Crippen molar-refractivity contribution in [2.75, 3.05) is 24.3 Å². The lowest BCUT2D eigenvalue weighted by Crippen LogP contribution is -2.49. The monoisotopic (exact) mass is 407 g/mol. The third-order valence-corrected chi connectivity index (χ3v) is 5.71. The number of fused-ring (bicyclic) bond motifs is 1. The summed E-state index contributed by atoms with van der Waals surface area (Å²) in [6, 6.07) is 14.7. The minimum Gasteiger partial charge on any atom is -0.378 e. The molecule has 3 rings (SSSR count). The number of Topliss-reactive ketones (excluding diaryl/α,β-unsaturated/α-hetero) is 1. The number of amides is 1. The van der Waals surface area contributed by atoms with Crippen LogP contribution in [0.3, 0.4) is 0 Å². The Hall–Kier alpha value is -2.82. The Kier molecular flexibility index (Phi) is 7.50. The number of ketones is 1. The fraction of sp³-hybridized carbons (Fsp3) is 0.440. The number of carbonyl (C=O) groups excluding carboxylic acids is 2. The number of nitrogens with one attached hydrogen (secondary N) is 2. The van der Waals surface area contributed by atoms with Crippen LogP contribution in [0, 0.1) is 0 Å². The van der Waals surface area contributed by atoms with Crippen LogP contribution in [0.15, 0.2) is 48.5 Å². The fourth-order valence-corrected chi connectivity index (χ4v) is 3.93. The largest absolute Gasteiger partial charge is 0.378 e. The molecule has 0 unspecified atom stereocenters. The summed E-state index contributed by atoms with van der Waals surface area (Å²) >= 11 is 0. The number of hydrogen-bond donors (Lipinski definition) is 2. The van der Waals surface area contributed by atoms with Gasteiger partial charge in [-0.25, -0.2) is 0 Å². The second-order valence-corrected chi connectivity index (χ2v) is 8.23. The molecular formula is C25H33N3O2. The van der Waals surface area contributed by atoms with Gasteiger partial charge in [0.05, 0.1) is 6.04 Å². The van der Waals surface area contributed by atoms with Crippen LogP contribution in [0.1, 0.15) is 67.4 Å². The molecule has 0 saturated heterocycles. The lowest BCUT2D eigenvalue weighted by atomic mass is 9.87. The Bertz CT molecular complexity index is 861. The molecule has 0 radical (unpaired) electrons. The maximum atomic E-state index is 13.3. The second-order valence-electron chi connectivity index (χ2n) is 8.23. The molecule has 2 N–H and O–H groups in total. The highest BCUT2D eigenvalue weighted by atomic mass is 16.2. The van der Waals surface area contributed by atoms with Gasteiger partial charge < -0.3 is 15.5 Å². The van der Waals surface area contributed by atoms with E-state index in [9.17, 15) is 9.59 Å². The maximum Gasteiger partial charge on any atom is 0.220 e. The van der Waals surface area contributed by atoms with Crippen LogP contribution in [0.2, 0.25) is 0 Å². The summed E-state index contributed by atoms with van der Waals surface area (Å²) in [6.45, 7) is 2.18. The summed E-state index contributed by atoms with van der Waals surface area (Å²) in [5.74, 6) is -0.0914. The highest BCUT2D eigenvalue weighted by Gasteiger charge is 2.37. The average molecular weight is 408 g/mol. The maximum absolute atomic E-state index is 13.3. The first-order valence-electron chi connectivity index (χ1n) is 11.0.